The molecule has 0 saturated heterocycles. The SMILES string of the molecule is O=[PH+]Oc1cccc(C(=O)O)c1. The van der Waals surface area contributed by atoms with Gasteiger partial charge in [-0.3, -0.25) is 4.52 Å². The van der Waals surface area contributed by atoms with Gasteiger partial charge in [0.25, 0.3) is 0 Å². The molecule has 0 fully saturated rings. The van der Waals surface area contributed by atoms with Gasteiger partial charge in [0.1, 0.15) is 0 Å². The smallest absolute Gasteiger partial charge is 0.478 e. The van der Waals surface area contributed by atoms with Gasteiger partial charge in [-0.2, -0.15) is 0 Å². The summed E-state index contributed by atoms with van der Waals surface area (Å²) in [6.45, 7) is 0. The molecule has 0 spiro atoms. The summed E-state index contributed by atoms with van der Waals surface area (Å²) in [4.78, 5) is 10.4. The minimum absolute atomic E-state index is 0.116. The lowest BCUT2D eigenvalue weighted by atomic mass is 10.2. The largest absolute Gasteiger partial charge is 0.542 e. The van der Waals surface area contributed by atoms with Gasteiger partial charge in [0.15, 0.2) is 5.75 Å². The fourth-order valence-electron chi connectivity index (χ4n) is 0.741. The Morgan fingerprint density at radius 1 is 1.50 bits per heavy atom. The first-order chi connectivity index (χ1) is 5.74. The Morgan fingerprint density at radius 2 is 2.25 bits per heavy atom. The van der Waals surface area contributed by atoms with E-state index in [0.29, 0.717) is 5.75 Å². The van der Waals surface area contributed by atoms with Crippen molar-refractivity contribution in [2.24, 2.45) is 0 Å². The number of carbonyl (C=O) groups is 1. The minimum Gasteiger partial charge on any atom is -0.478 e. The number of benzene rings is 1. The summed E-state index contributed by atoms with van der Waals surface area (Å²) in [5.41, 5.74) is 0.116. The molecule has 0 bridgehead atoms. The minimum atomic E-state index is -1.03. The molecule has 0 aliphatic carbocycles. The lowest BCUT2D eigenvalue weighted by Crippen LogP contribution is -1.95. The van der Waals surface area contributed by atoms with Crippen LogP contribution < -0.4 is 4.52 Å². The van der Waals surface area contributed by atoms with Crippen molar-refractivity contribution in [1.82, 2.24) is 0 Å². The van der Waals surface area contributed by atoms with Crippen molar-refractivity contribution >= 4 is 14.7 Å². The van der Waals surface area contributed by atoms with Crippen molar-refractivity contribution in [3.8, 4) is 5.75 Å². The molecule has 0 aromatic heterocycles. The molecule has 0 aliphatic rings. The summed E-state index contributed by atoms with van der Waals surface area (Å²) in [5.74, 6) is -0.738. The van der Waals surface area contributed by atoms with Gasteiger partial charge in [-0.05, 0) is 16.7 Å². The van der Waals surface area contributed by atoms with E-state index in [2.05, 4.69) is 4.52 Å². The third-order valence-corrected chi connectivity index (χ3v) is 1.56. The molecule has 12 heavy (non-hydrogen) atoms. The summed E-state index contributed by atoms with van der Waals surface area (Å²) in [7, 11) is -0.918. The topological polar surface area (TPSA) is 63.6 Å². The van der Waals surface area contributed by atoms with Crippen molar-refractivity contribution in [2.45, 2.75) is 0 Å². The first kappa shape index (κ1) is 8.68. The predicted molar refractivity (Wildman–Crippen MR) is 43.0 cm³/mol. The molecule has 62 valence electrons. The molecule has 1 atom stereocenters. The van der Waals surface area contributed by atoms with Gasteiger partial charge in [-0.15, -0.1) is 0 Å². The molecule has 0 aliphatic heterocycles. The van der Waals surface area contributed by atoms with Crippen LogP contribution >= 0.6 is 8.69 Å². The molecule has 1 aromatic carbocycles. The Hall–Kier alpha value is -1.41. The highest BCUT2D eigenvalue weighted by molar-refractivity contribution is 7.17. The van der Waals surface area contributed by atoms with Crippen LogP contribution in [-0.4, -0.2) is 11.1 Å². The van der Waals surface area contributed by atoms with Crippen molar-refractivity contribution in [1.29, 1.82) is 0 Å². The number of carboxylic acids is 1. The van der Waals surface area contributed by atoms with Crippen molar-refractivity contribution in [3.05, 3.63) is 29.8 Å². The molecular formula is C7H6O4P+. The lowest BCUT2D eigenvalue weighted by molar-refractivity contribution is 0.0696. The van der Waals surface area contributed by atoms with E-state index in [1.165, 1.54) is 24.3 Å². The molecule has 0 saturated carbocycles. The summed E-state index contributed by atoms with van der Waals surface area (Å²) in [6, 6.07) is 5.81. The maximum absolute atomic E-state index is 10.4. The number of rotatable bonds is 3. The van der Waals surface area contributed by atoms with Gasteiger partial charge < -0.3 is 5.11 Å². The first-order valence-electron chi connectivity index (χ1n) is 3.11. The molecule has 5 heteroatoms. The van der Waals surface area contributed by atoms with E-state index in [9.17, 15) is 9.36 Å². The highest BCUT2D eigenvalue weighted by Crippen LogP contribution is 2.16. The average Bonchev–Trinajstić information content (AvgIpc) is 2.05. The molecule has 1 unspecified atom stereocenters. The van der Waals surface area contributed by atoms with Gasteiger partial charge in [0.2, 0.25) is 0 Å². The standard InChI is InChI=1S/C7H5O4P/c8-7(9)5-2-1-3-6(4-5)11-12-10/h1-4,12H/p+1. The van der Waals surface area contributed by atoms with Crippen LogP contribution in [0.15, 0.2) is 24.3 Å². The summed E-state index contributed by atoms with van der Waals surface area (Å²) < 4.78 is 14.6. The second-order valence-corrected chi connectivity index (χ2v) is 2.39. The molecular weight excluding hydrogens is 179 g/mol. The zero-order valence-electron chi connectivity index (χ0n) is 5.98. The normalized spacial score (nSPS) is 9.67. The van der Waals surface area contributed by atoms with Crippen LogP contribution in [0.25, 0.3) is 0 Å². The van der Waals surface area contributed by atoms with Crippen LogP contribution in [0.2, 0.25) is 0 Å². The number of aromatic carboxylic acids is 1. The Labute approximate surface area is 70.1 Å². The van der Waals surface area contributed by atoms with Crippen LogP contribution in [0.4, 0.5) is 0 Å². The van der Waals surface area contributed by atoms with Crippen LogP contribution in [0.3, 0.4) is 0 Å². The molecule has 0 heterocycles. The third-order valence-electron chi connectivity index (χ3n) is 1.24. The molecule has 1 rings (SSSR count). The third kappa shape index (κ3) is 2.04. The van der Waals surface area contributed by atoms with E-state index >= 15 is 0 Å². The van der Waals surface area contributed by atoms with E-state index in [1.54, 1.807) is 0 Å². The first-order valence-corrected chi connectivity index (χ1v) is 3.93. The second kappa shape index (κ2) is 3.83. The zero-order chi connectivity index (χ0) is 8.97. The van der Waals surface area contributed by atoms with E-state index in [-0.39, 0.29) is 5.56 Å². The second-order valence-electron chi connectivity index (χ2n) is 2.02. The van der Waals surface area contributed by atoms with Gasteiger partial charge >= 0.3 is 14.7 Å². The number of carboxylic acid groups (broad SMARTS) is 1. The van der Waals surface area contributed by atoms with E-state index < -0.39 is 14.7 Å². The monoisotopic (exact) mass is 185 g/mol. The van der Waals surface area contributed by atoms with Crippen LogP contribution in [0, 0.1) is 0 Å². The average molecular weight is 185 g/mol. The van der Waals surface area contributed by atoms with Gasteiger partial charge in [-0.1, -0.05) is 6.07 Å². The van der Waals surface area contributed by atoms with Crippen molar-refractivity contribution < 1.29 is 19.0 Å². The highest BCUT2D eigenvalue weighted by atomic mass is 31.1. The summed E-state index contributed by atoms with van der Waals surface area (Å²) >= 11 is 0. The Bertz CT molecular complexity index is 310. The van der Waals surface area contributed by atoms with Crippen molar-refractivity contribution in [2.75, 3.05) is 0 Å². The van der Waals surface area contributed by atoms with Gasteiger partial charge in [0, 0.05) is 6.07 Å². The molecule has 4 nitrogen and oxygen atoms in total. The van der Waals surface area contributed by atoms with Gasteiger partial charge in [-0.25, -0.2) is 4.79 Å². The van der Waals surface area contributed by atoms with E-state index in [1.807, 2.05) is 0 Å². The Morgan fingerprint density at radius 3 is 2.83 bits per heavy atom. The van der Waals surface area contributed by atoms with Crippen LogP contribution in [0.5, 0.6) is 5.75 Å². The van der Waals surface area contributed by atoms with E-state index in [0.717, 1.165) is 0 Å². The quantitative estimate of drug-likeness (QED) is 0.728. The molecule has 1 N–H and O–H groups in total. The molecule has 1 aromatic rings. The lowest BCUT2D eigenvalue weighted by Gasteiger charge is -1.93. The predicted octanol–water partition coefficient (Wildman–Crippen LogP) is 1.70. The maximum Gasteiger partial charge on any atom is 0.542 e. The van der Waals surface area contributed by atoms with Crippen LogP contribution in [-0.2, 0) is 4.57 Å². The van der Waals surface area contributed by atoms with Gasteiger partial charge in [0.05, 0.1) is 5.56 Å². The van der Waals surface area contributed by atoms with Crippen molar-refractivity contribution in [3.63, 3.8) is 0 Å². The number of hydrogen-bond donors (Lipinski definition) is 1. The number of hydrogen-bond acceptors (Lipinski definition) is 3. The molecule has 0 amide bonds. The fraction of sp³-hybridized carbons (Fsp3) is 0. The Balaban J connectivity index is 2.95. The molecule has 0 radical (unpaired) electrons. The summed E-state index contributed by atoms with van der Waals surface area (Å²) in [6.07, 6.45) is 0. The zero-order valence-corrected chi connectivity index (χ0v) is 6.98. The fourth-order valence-corrected chi connectivity index (χ4v) is 0.964. The highest BCUT2D eigenvalue weighted by Gasteiger charge is 2.05. The summed E-state index contributed by atoms with van der Waals surface area (Å²) in [5, 5.41) is 8.55. The maximum atomic E-state index is 10.4. The van der Waals surface area contributed by atoms with E-state index in [4.69, 9.17) is 5.11 Å². The Kier molecular flexibility index (Phi) is 2.77. The van der Waals surface area contributed by atoms with Crippen LogP contribution in [0.1, 0.15) is 10.4 Å².